The Morgan fingerprint density at radius 2 is 1.71 bits per heavy atom. The highest BCUT2D eigenvalue weighted by Gasteiger charge is 2.34. The topological polar surface area (TPSA) is 51.2 Å². The molecule has 0 spiro atoms. The van der Waals surface area contributed by atoms with Crippen LogP contribution in [0.5, 0.6) is 0 Å². The fourth-order valence-electron chi connectivity index (χ4n) is 0.683. The van der Waals surface area contributed by atoms with Gasteiger partial charge in [-0.05, 0) is 18.5 Å². The van der Waals surface area contributed by atoms with Crippen LogP contribution in [0.4, 0.5) is 0 Å². The van der Waals surface area contributed by atoms with Crippen LogP contribution in [0.2, 0.25) is 0 Å². The third-order valence-electron chi connectivity index (χ3n) is 1.34. The Bertz CT molecular complexity index is 267. The first-order valence-electron chi connectivity index (χ1n) is 3.81. The second kappa shape index (κ2) is 5.78. The SMILES string of the molecule is CC(=O)SCC(C)(SC(C)=O)C(=O)Cl. The molecule has 3 nitrogen and oxygen atoms in total. The van der Waals surface area contributed by atoms with Crippen molar-refractivity contribution >= 4 is 50.6 Å². The summed E-state index contributed by atoms with van der Waals surface area (Å²) in [5.74, 6) is 0.217. The largest absolute Gasteiger partial charge is 0.288 e. The van der Waals surface area contributed by atoms with Crippen molar-refractivity contribution in [1.29, 1.82) is 0 Å². The van der Waals surface area contributed by atoms with E-state index in [1.807, 2.05) is 0 Å². The van der Waals surface area contributed by atoms with Crippen molar-refractivity contribution in [2.75, 3.05) is 5.75 Å². The molecule has 0 amide bonds. The molecule has 0 saturated heterocycles. The molecule has 0 aliphatic rings. The van der Waals surface area contributed by atoms with E-state index in [1.165, 1.54) is 13.8 Å². The second-order valence-corrected chi connectivity index (χ2v) is 6.05. The van der Waals surface area contributed by atoms with E-state index in [4.69, 9.17) is 11.6 Å². The molecule has 0 aliphatic heterocycles. The Kier molecular flexibility index (Phi) is 5.78. The van der Waals surface area contributed by atoms with Crippen molar-refractivity contribution in [3.63, 3.8) is 0 Å². The van der Waals surface area contributed by atoms with Gasteiger partial charge in [0.25, 0.3) is 0 Å². The van der Waals surface area contributed by atoms with Crippen molar-refractivity contribution in [2.24, 2.45) is 0 Å². The molecule has 80 valence electrons. The molecule has 0 aliphatic carbocycles. The third-order valence-corrected chi connectivity index (χ3v) is 4.24. The Morgan fingerprint density at radius 3 is 2.00 bits per heavy atom. The van der Waals surface area contributed by atoms with Gasteiger partial charge in [0, 0.05) is 19.6 Å². The zero-order valence-electron chi connectivity index (χ0n) is 8.13. The molecule has 0 heterocycles. The average Bonchev–Trinajstić information content (AvgIpc) is 1.99. The number of thioether (sulfide) groups is 2. The van der Waals surface area contributed by atoms with Crippen LogP contribution in [-0.4, -0.2) is 26.0 Å². The fourth-order valence-corrected chi connectivity index (χ4v) is 2.68. The quantitative estimate of drug-likeness (QED) is 0.719. The second-order valence-electron chi connectivity index (χ2n) is 2.88. The molecular formula is C8H11ClO3S2. The van der Waals surface area contributed by atoms with E-state index < -0.39 is 9.99 Å². The summed E-state index contributed by atoms with van der Waals surface area (Å²) in [7, 11) is 0. The van der Waals surface area contributed by atoms with E-state index in [1.54, 1.807) is 6.92 Å². The maximum absolute atomic E-state index is 11.1. The lowest BCUT2D eigenvalue weighted by Gasteiger charge is -2.21. The highest BCUT2D eigenvalue weighted by Crippen LogP contribution is 2.32. The van der Waals surface area contributed by atoms with Gasteiger partial charge in [-0.15, -0.1) is 0 Å². The molecule has 0 aromatic heterocycles. The first-order chi connectivity index (χ1) is 6.28. The molecule has 0 fully saturated rings. The molecule has 0 saturated carbocycles. The summed E-state index contributed by atoms with van der Waals surface area (Å²) >= 11 is 7.23. The van der Waals surface area contributed by atoms with Crippen LogP contribution in [0.3, 0.4) is 0 Å². The molecule has 0 radical (unpaired) electrons. The zero-order chi connectivity index (χ0) is 11.4. The molecule has 0 bridgehead atoms. The van der Waals surface area contributed by atoms with E-state index in [2.05, 4.69) is 0 Å². The third kappa shape index (κ3) is 5.02. The lowest BCUT2D eigenvalue weighted by atomic mass is 10.2. The van der Waals surface area contributed by atoms with Crippen molar-refractivity contribution in [1.82, 2.24) is 0 Å². The minimum Gasteiger partial charge on any atom is -0.288 e. The standard InChI is InChI=1S/C8H11ClO3S2/c1-5(10)13-4-8(3,7(9)12)14-6(2)11/h4H2,1-3H3. The monoisotopic (exact) mass is 254 g/mol. The first kappa shape index (κ1) is 14.0. The summed E-state index contributed by atoms with van der Waals surface area (Å²) in [6.45, 7) is 4.33. The van der Waals surface area contributed by atoms with Gasteiger partial charge in [-0.1, -0.05) is 23.5 Å². The number of rotatable bonds is 4. The average molecular weight is 255 g/mol. The lowest BCUT2D eigenvalue weighted by Crippen LogP contribution is -2.32. The van der Waals surface area contributed by atoms with Crippen molar-refractivity contribution in [2.45, 2.75) is 25.5 Å². The zero-order valence-corrected chi connectivity index (χ0v) is 10.5. The van der Waals surface area contributed by atoms with E-state index in [0.717, 1.165) is 23.5 Å². The Labute approximate surface area is 96.3 Å². The van der Waals surface area contributed by atoms with E-state index in [9.17, 15) is 14.4 Å². The predicted octanol–water partition coefficient (Wildman–Crippen LogP) is 2.07. The van der Waals surface area contributed by atoms with Crippen LogP contribution in [0, 0.1) is 0 Å². The van der Waals surface area contributed by atoms with E-state index in [0.29, 0.717) is 0 Å². The summed E-state index contributed by atoms with van der Waals surface area (Å²) in [6, 6.07) is 0. The molecule has 1 unspecified atom stereocenters. The van der Waals surface area contributed by atoms with E-state index in [-0.39, 0.29) is 16.0 Å². The van der Waals surface area contributed by atoms with Crippen molar-refractivity contribution < 1.29 is 14.4 Å². The van der Waals surface area contributed by atoms with Crippen LogP contribution in [0.1, 0.15) is 20.8 Å². The number of carbonyl (C=O) groups excluding carboxylic acids is 3. The van der Waals surface area contributed by atoms with Gasteiger partial charge in [-0.3, -0.25) is 14.4 Å². The molecule has 0 aromatic carbocycles. The lowest BCUT2D eigenvalue weighted by molar-refractivity contribution is -0.114. The summed E-state index contributed by atoms with van der Waals surface area (Å²) in [5.41, 5.74) is 0. The normalized spacial score (nSPS) is 14.6. The molecule has 1 atom stereocenters. The minimum atomic E-state index is -1.01. The number of carbonyl (C=O) groups is 3. The van der Waals surface area contributed by atoms with Crippen LogP contribution >= 0.6 is 35.1 Å². The minimum absolute atomic E-state index is 0.0988. The molecule has 0 N–H and O–H groups in total. The van der Waals surface area contributed by atoms with Crippen LogP contribution < -0.4 is 0 Å². The van der Waals surface area contributed by atoms with Gasteiger partial charge in [0.15, 0.2) is 10.2 Å². The summed E-state index contributed by atoms with van der Waals surface area (Å²) in [4.78, 5) is 32.7. The summed E-state index contributed by atoms with van der Waals surface area (Å²) in [5, 5.41) is -0.893. The molecule has 0 rings (SSSR count). The first-order valence-corrected chi connectivity index (χ1v) is 5.99. The number of halogens is 1. The molecule has 6 heteroatoms. The highest BCUT2D eigenvalue weighted by molar-refractivity contribution is 8.18. The van der Waals surface area contributed by atoms with Gasteiger partial charge in [0.05, 0.1) is 0 Å². The summed E-state index contributed by atoms with van der Waals surface area (Å²) < 4.78 is -1.01. The number of hydrogen-bond acceptors (Lipinski definition) is 5. The van der Waals surface area contributed by atoms with Gasteiger partial charge in [0.2, 0.25) is 5.24 Å². The Hall–Kier alpha value is -0.000000000000000111. The van der Waals surface area contributed by atoms with Gasteiger partial charge in [-0.25, -0.2) is 0 Å². The van der Waals surface area contributed by atoms with Gasteiger partial charge < -0.3 is 0 Å². The molecule has 14 heavy (non-hydrogen) atoms. The Balaban J connectivity index is 4.47. The van der Waals surface area contributed by atoms with E-state index >= 15 is 0 Å². The Morgan fingerprint density at radius 1 is 1.21 bits per heavy atom. The molecule has 0 aromatic rings. The maximum Gasteiger partial charge on any atom is 0.238 e. The van der Waals surface area contributed by atoms with Crippen molar-refractivity contribution in [3.05, 3.63) is 0 Å². The van der Waals surface area contributed by atoms with Gasteiger partial charge >= 0.3 is 0 Å². The van der Waals surface area contributed by atoms with Crippen molar-refractivity contribution in [3.8, 4) is 0 Å². The van der Waals surface area contributed by atoms with Gasteiger partial charge in [-0.2, -0.15) is 0 Å². The smallest absolute Gasteiger partial charge is 0.238 e. The van der Waals surface area contributed by atoms with Gasteiger partial charge in [0.1, 0.15) is 4.75 Å². The van der Waals surface area contributed by atoms with Crippen LogP contribution in [0.15, 0.2) is 0 Å². The predicted molar refractivity (Wildman–Crippen MR) is 60.7 cm³/mol. The fraction of sp³-hybridized carbons (Fsp3) is 0.625. The van der Waals surface area contributed by atoms with Crippen LogP contribution in [0.25, 0.3) is 0 Å². The maximum atomic E-state index is 11.1. The molecular weight excluding hydrogens is 244 g/mol. The number of hydrogen-bond donors (Lipinski definition) is 0. The van der Waals surface area contributed by atoms with Crippen LogP contribution in [-0.2, 0) is 14.4 Å². The highest BCUT2D eigenvalue weighted by atomic mass is 35.5. The summed E-state index contributed by atoms with van der Waals surface area (Å²) in [6.07, 6.45) is 0.